The van der Waals surface area contributed by atoms with E-state index in [1.165, 1.54) is 0 Å². The molecule has 0 spiro atoms. The third-order valence-electron chi connectivity index (χ3n) is 8.37. The van der Waals surface area contributed by atoms with Crippen molar-refractivity contribution in [3.05, 3.63) is 84.1 Å². The lowest BCUT2D eigenvalue weighted by molar-refractivity contribution is -0.0179. The Bertz CT molecular complexity index is 1620. The van der Waals surface area contributed by atoms with Gasteiger partial charge in [0, 0.05) is 49.6 Å². The van der Waals surface area contributed by atoms with E-state index in [4.69, 9.17) is 9.47 Å². The van der Waals surface area contributed by atoms with E-state index in [0.717, 1.165) is 27.6 Å². The molecule has 1 aromatic heterocycles. The number of hydrogen-bond acceptors (Lipinski definition) is 5. The van der Waals surface area contributed by atoms with Crippen LogP contribution in [0.1, 0.15) is 29.9 Å². The first-order valence-electron chi connectivity index (χ1n) is 14.6. The number of likely N-dealkylation sites (N-methyl/N-ethyl adjacent to an activating group) is 1. The lowest BCUT2D eigenvalue weighted by Crippen LogP contribution is -2.48. The zero-order valence-electron chi connectivity index (χ0n) is 25.4. The number of rotatable bonds is 6. The van der Waals surface area contributed by atoms with Gasteiger partial charge >= 0.3 is 6.03 Å². The van der Waals surface area contributed by atoms with Crippen LogP contribution in [0.4, 0.5) is 10.5 Å². The molecule has 0 fully saturated rings. The maximum Gasteiger partial charge on any atom is 0.321 e. The number of nitrogens with one attached hydrogen (secondary N) is 1. The van der Waals surface area contributed by atoms with Crippen LogP contribution in [0.2, 0.25) is 0 Å². The first-order valence-corrected chi connectivity index (χ1v) is 14.6. The highest BCUT2D eigenvalue weighted by Gasteiger charge is 2.34. The van der Waals surface area contributed by atoms with Crippen LogP contribution in [-0.2, 0) is 18.4 Å². The number of benzene rings is 3. The van der Waals surface area contributed by atoms with E-state index in [-0.39, 0.29) is 31.0 Å². The molecule has 9 heteroatoms. The van der Waals surface area contributed by atoms with E-state index in [2.05, 4.69) is 5.32 Å². The number of ether oxygens (including phenoxy) is 2. The van der Waals surface area contributed by atoms with Gasteiger partial charge in [0.25, 0.3) is 5.91 Å². The van der Waals surface area contributed by atoms with E-state index in [0.29, 0.717) is 30.3 Å². The maximum absolute atomic E-state index is 14.5. The van der Waals surface area contributed by atoms with E-state index >= 15 is 0 Å². The van der Waals surface area contributed by atoms with Gasteiger partial charge in [-0.15, -0.1) is 0 Å². The molecule has 0 aliphatic carbocycles. The minimum atomic E-state index is -0.427. The largest absolute Gasteiger partial charge is 0.495 e. The molecule has 0 unspecified atom stereocenters. The van der Waals surface area contributed by atoms with Crippen LogP contribution >= 0.6 is 0 Å². The number of hydrogen-bond donors (Lipinski definition) is 2. The number of para-hydroxylation sites is 3. The average molecular weight is 585 g/mol. The predicted octanol–water partition coefficient (Wildman–Crippen LogP) is 5.38. The lowest BCUT2D eigenvalue weighted by Gasteiger charge is -2.35. The number of aryl methyl sites for hydroxylation is 1. The molecule has 3 atom stereocenters. The number of aliphatic hydroxyl groups excluding tert-OH is 1. The second-order valence-electron chi connectivity index (χ2n) is 11.3. The fourth-order valence-corrected chi connectivity index (χ4v) is 5.84. The number of anilines is 1. The Hall–Kier alpha value is -4.34. The standard InChI is InChI=1S/C34H40N4O5/c1-22-18-38(23(2)20-39)33(40)32-31(26-14-8-10-16-28(26)37(32)4)25-13-7-6-12-24(25)21-43-30(22)19-36(3)34(41)35-27-15-9-11-17-29(27)42-5/h6-17,22-23,30,39H,18-21H2,1-5H3,(H,35,41)/t22-,23+,30-/m0/s1. The van der Waals surface area contributed by atoms with Gasteiger partial charge in [0.15, 0.2) is 0 Å². The summed E-state index contributed by atoms with van der Waals surface area (Å²) in [6.45, 7) is 4.62. The van der Waals surface area contributed by atoms with Crippen molar-refractivity contribution in [2.75, 3.05) is 39.2 Å². The number of carbonyl (C=O) groups is 2. The SMILES string of the molecule is COc1ccccc1NC(=O)N(C)C[C@@H]1OCc2ccccc2-c2c(n(C)c3ccccc23)C(=O)N([C@H](C)CO)C[C@@H]1C. The molecule has 5 rings (SSSR count). The minimum Gasteiger partial charge on any atom is -0.495 e. The summed E-state index contributed by atoms with van der Waals surface area (Å²) in [6.07, 6.45) is -0.402. The molecular formula is C34H40N4O5. The molecule has 3 amide bonds. The molecule has 1 aliphatic heterocycles. The van der Waals surface area contributed by atoms with Crippen LogP contribution in [0.5, 0.6) is 5.75 Å². The zero-order valence-corrected chi connectivity index (χ0v) is 25.4. The summed E-state index contributed by atoms with van der Waals surface area (Å²) in [5, 5.41) is 14.1. The maximum atomic E-state index is 14.5. The molecule has 2 heterocycles. The van der Waals surface area contributed by atoms with Crippen molar-refractivity contribution in [2.24, 2.45) is 13.0 Å². The molecule has 0 saturated carbocycles. The number of urea groups is 1. The van der Waals surface area contributed by atoms with Gasteiger partial charge in [-0.2, -0.15) is 0 Å². The predicted molar refractivity (Wildman–Crippen MR) is 168 cm³/mol. The Morgan fingerprint density at radius 1 is 1.12 bits per heavy atom. The van der Waals surface area contributed by atoms with Crippen LogP contribution < -0.4 is 10.1 Å². The van der Waals surface area contributed by atoms with Crippen molar-refractivity contribution in [1.82, 2.24) is 14.4 Å². The number of fused-ring (bicyclic) bond motifs is 5. The van der Waals surface area contributed by atoms with Crippen LogP contribution in [0.3, 0.4) is 0 Å². The summed E-state index contributed by atoms with van der Waals surface area (Å²) < 4.78 is 13.9. The van der Waals surface area contributed by atoms with Crippen LogP contribution in [0, 0.1) is 5.92 Å². The van der Waals surface area contributed by atoms with Gasteiger partial charge in [-0.1, -0.05) is 61.5 Å². The van der Waals surface area contributed by atoms with E-state index < -0.39 is 12.1 Å². The minimum absolute atomic E-state index is 0.153. The molecule has 4 aromatic rings. The molecule has 9 nitrogen and oxygen atoms in total. The highest BCUT2D eigenvalue weighted by Crippen LogP contribution is 2.38. The molecule has 3 aromatic carbocycles. The summed E-state index contributed by atoms with van der Waals surface area (Å²) in [5.74, 6) is 0.252. The summed E-state index contributed by atoms with van der Waals surface area (Å²) >= 11 is 0. The number of methoxy groups -OCH3 is 1. The van der Waals surface area contributed by atoms with Crippen molar-refractivity contribution >= 4 is 28.5 Å². The third-order valence-corrected chi connectivity index (χ3v) is 8.37. The number of amides is 3. The third kappa shape index (κ3) is 5.96. The smallest absolute Gasteiger partial charge is 0.321 e. The fraction of sp³-hybridized carbons (Fsp3) is 0.353. The molecule has 0 radical (unpaired) electrons. The van der Waals surface area contributed by atoms with Crippen LogP contribution in [0.15, 0.2) is 72.8 Å². The number of aliphatic hydroxyl groups is 1. The van der Waals surface area contributed by atoms with Gasteiger partial charge in [0.05, 0.1) is 38.2 Å². The Kier molecular flexibility index (Phi) is 9.03. The second kappa shape index (κ2) is 12.9. The summed E-state index contributed by atoms with van der Waals surface area (Å²) in [7, 11) is 5.20. The molecule has 1 aliphatic rings. The Morgan fingerprint density at radius 2 is 1.81 bits per heavy atom. The quantitative estimate of drug-likeness (QED) is 0.318. The topological polar surface area (TPSA) is 96.3 Å². The van der Waals surface area contributed by atoms with E-state index in [9.17, 15) is 14.7 Å². The van der Waals surface area contributed by atoms with Crippen molar-refractivity contribution < 1.29 is 24.2 Å². The molecule has 0 saturated heterocycles. The molecular weight excluding hydrogens is 544 g/mol. The van der Waals surface area contributed by atoms with Crippen molar-refractivity contribution in [3.8, 4) is 16.9 Å². The van der Waals surface area contributed by atoms with E-state index in [1.54, 1.807) is 36.1 Å². The van der Waals surface area contributed by atoms with Crippen LogP contribution in [0.25, 0.3) is 22.0 Å². The monoisotopic (exact) mass is 584 g/mol. The van der Waals surface area contributed by atoms with Crippen molar-refractivity contribution in [1.29, 1.82) is 0 Å². The van der Waals surface area contributed by atoms with E-state index in [1.807, 2.05) is 86.1 Å². The summed E-state index contributed by atoms with van der Waals surface area (Å²) in [5.41, 5.74) is 4.85. The lowest BCUT2D eigenvalue weighted by atomic mass is 9.96. The van der Waals surface area contributed by atoms with Gasteiger partial charge < -0.3 is 34.3 Å². The highest BCUT2D eigenvalue weighted by molar-refractivity contribution is 6.10. The van der Waals surface area contributed by atoms with Crippen molar-refractivity contribution in [2.45, 2.75) is 32.6 Å². The fourth-order valence-electron chi connectivity index (χ4n) is 5.84. The zero-order chi connectivity index (χ0) is 30.7. The number of nitrogens with zero attached hydrogens (tertiary/aromatic N) is 3. The van der Waals surface area contributed by atoms with Gasteiger partial charge in [0.2, 0.25) is 0 Å². The molecule has 226 valence electrons. The molecule has 0 bridgehead atoms. The second-order valence-corrected chi connectivity index (χ2v) is 11.3. The summed E-state index contributed by atoms with van der Waals surface area (Å²) in [6, 6.07) is 22.5. The first-order chi connectivity index (χ1) is 20.7. The molecule has 2 N–H and O–H groups in total. The first kappa shape index (κ1) is 30.1. The number of aromatic nitrogens is 1. The van der Waals surface area contributed by atoms with Gasteiger partial charge in [-0.05, 0) is 36.2 Å². The average Bonchev–Trinajstić information content (AvgIpc) is 3.32. The van der Waals surface area contributed by atoms with Gasteiger partial charge in [-0.3, -0.25) is 4.79 Å². The highest BCUT2D eigenvalue weighted by atomic mass is 16.5. The van der Waals surface area contributed by atoms with Crippen LogP contribution in [-0.4, -0.2) is 77.4 Å². The normalized spacial score (nSPS) is 17.9. The van der Waals surface area contributed by atoms with Crippen molar-refractivity contribution in [3.63, 3.8) is 0 Å². The Labute approximate surface area is 252 Å². The van der Waals surface area contributed by atoms with Gasteiger partial charge in [-0.25, -0.2) is 4.79 Å². The summed E-state index contributed by atoms with van der Waals surface area (Å²) in [4.78, 5) is 31.0. The Morgan fingerprint density at radius 3 is 2.58 bits per heavy atom. The Balaban J connectivity index is 1.53. The number of carbonyl (C=O) groups excluding carboxylic acids is 2. The molecule has 43 heavy (non-hydrogen) atoms. The van der Waals surface area contributed by atoms with Gasteiger partial charge in [0.1, 0.15) is 11.4 Å².